The molecule has 114 valence electrons. The van der Waals surface area contributed by atoms with Gasteiger partial charge in [-0.3, -0.25) is 0 Å². The Morgan fingerprint density at radius 2 is 2.00 bits per heavy atom. The van der Waals surface area contributed by atoms with Gasteiger partial charge in [-0.25, -0.2) is 4.98 Å². The molecule has 0 aliphatic carbocycles. The number of hydrogen-bond donors (Lipinski definition) is 0. The maximum Gasteiger partial charge on any atom is 0.122 e. The number of hydrogen-bond acceptors (Lipinski definition) is 2. The van der Waals surface area contributed by atoms with Crippen molar-refractivity contribution >= 4 is 0 Å². The molecular weight excluding hydrogens is 260 g/mol. The van der Waals surface area contributed by atoms with Crippen molar-refractivity contribution in [3.05, 3.63) is 48.0 Å². The first-order valence-electron chi connectivity index (χ1n) is 7.66. The number of benzene rings is 1. The van der Waals surface area contributed by atoms with Gasteiger partial charge in [0.15, 0.2) is 0 Å². The molecule has 0 aliphatic rings. The Morgan fingerprint density at radius 3 is 2.62 bits per heavy atom. The van der Waals surface area contributed by atoms with E-state index in [4.69, 9.17) is 4.74 Å². The topological polar surface area (TPSA) is 27.1 Å². The predicted octanol–water partition coefficient (Wildman–Crippen LogP) is 4.35. The molecule has 0 amide bonds. The van der Waals surface area contributed by atoms with Crippen LogP contribution in [0.1, 0.15) is 44.7 Å². The molecular formula is C18H26N2O. The number of unbranched alkanes of at least 4 members (excludes halogenated alkanes) is 1. The normalized spacial score (nSPS) is 11.6. The van der Waals surface area contributed by atoms with Crippen molar-refractivity contribution in [2.24, 2.45) is 0 Å². The Morgan fingerprint density at radius 1 is 1.19 bits per heavy atom. The Kier molecular flexibility index (Phi) is 5.05. The molecule has 0 unspecified atom stereocenters. The van der Waals surface area contributed by atoms with E-state index in [1.54, 1.807) is 0 Å². The summed E-state index contributed by atoms with van der Waals surface area (Å²) in [5.74, 6) is 1.01. The van der Waals surface area contributed by atoms with E-state index in [2.05, 4.69) is 55.4 Å². The van der Waals surface area contributed by atoms with E-state index in [1.165, 1.54) is 11.1 Å². The monoisotopic (exact) mass is 286 g/mol. The average Bonchev–Trinajstić information content (AvgIpc) is 2.92. The summed E-state index contributed by atoms with van der Waals surface area (Å²) in [5.41, 5.74) is 2.76. The van der Waals surface area contributed by atoms with Crippen molar-refractivity contribution in [3.63, 3.8) is 0 Å². The number of nitrogens with zero attached hydrogens (tertiary/aromatic N) is 2. The summed E-state index contributed by atoms with van der Waals surface area (Å²) in [6.45, 7) is 10.6. The van der Waals surface area contributed by atoms with Gasteiger partial charge in [0.1, 0.15) is 5.75 Å². The van der Waals surface area contributed by atoms with Gasteiger partial charge in [0.25, 0.3) is 0 Å². The maximum absolute atomic E-state index is 5.90. The standard InChI is InChI=1S/C18H26N2O/c1-15-13-16(18(2,3)4)7-8-17(15)21-12-6-5-10-20-11-9-19-14-20/h7-9,11,13-14H,5-6,10,12H2,1-4H3. The van der Waals surface area contributed by atoms with E-state index in [9.17, 15) is 0 Å². The highest BCUT2D eigenvalue weighted by Crippen LogP contribution is 2.27. The molecule has 0 saturated carbocycles. The minimum Gasteiger partial charge on any atom is -0.493 e. The van der Waals surface area contributed by atoms with Gasteiger partial charge in [-0.05, 0) is 42.4 Å². The third-order valence-electron chi connectivity index (χ3n) is 3.67. The fourth-order valence-electron chi connectivity index (χ4n) is 2.28. The summed E-state index contributed by atoms with van der Waals surface area (Å²) < 4.78 is 8.00. The third-order valence-corrected chi connectivity index (χ3v) is 3.67. The lowest BCUT2D eigenvalue weighted by Gasteiger charge is -2.20. The van der Waals surface area contributed by atoms with Crippen molar-refractivity contribution in [1.29, 1.82) is 0 Å². The maximum atomic E-state index is 5.90. The molecule has 0 radical (unpaired) electrons. The Bertz CT molecular complexity index is 553. The summed E-state index contributed by atoms with van der Waals surface area (Å²) >= 11 is 0. The summed E-state index contributed by atoms with van der Waals surface area (Å²) in [4.78, 5) is 4.04. The van der Waals surface area contributed by atoms with Crippen molar-refractivity contribution < 1.29 is 4.74 Å². The highest BCUT2D eigenvalue weighted by Gasteiger charge is 2.14. The molecule has 0 aliphatic heterocycles. The minimum atomic E-state index is 0.189. The molecule has 0 atom stereocenters. The lowest BCUT2D eigenvalue weighted by atomic mass is 9.86. The highest BCUT2D eigenvalue weighted by atomic mass is 16.5. The number of ether oxygens (including phenoxy) is 1. The number of aryl methyl sites for hydroxylation is 2. The Balaban J connectivity index is 1.78. The van der Waals surface area contributed by atoms with E-state index in [1.807, 2.05) is 18.7 Å². The van der Waals surface area contributed by atoms with Gasteiger partial charge in [0.05, 0.1) is 12.9 Å². The van der Waals surface area contributed by atoms with E-state index < -0.39 is 0 Å². The van der Waals surface area contributed by atoms with Crippen molar-refractivity contribution in [2.45, 2.75) is 52.5 Å². The fourth-order valence-corrected chi connectivity index (χ4v) is 2.28. The van der Waals surface area contributed by atoms with E-state index >= 15 is 0 Å². The quantitative estimate of drug-likeness (QED) is 0.738. The molecule has 1 aromatic carbocycles. The van der Waals surface area contributed by atoms with E-state index in [0.29, 0.717) is 0 Å². The van der Waals surface area contributed by atoms with Crippen LogP contribution < -0.4 is 4.74 Å². The first-order valence-corrected chi connectivity index (χ1v) is 7.66. The fraction of sp³-hybridized carbons (Fsp3) is 0.500. The molecule has 0 fully saturated rings. The van der Waals surface area contributed by atoms with Crippen LogP contribution in [0.2, 0.25) is 0 Å². The van der Waals surface area contributed by atoms with E-state index in [0.717, 1.165) is 31.7 Å². The molecule has 2 aromatic rings. The molecule has 3 heteroatoms. The average molecular weight is 286 g/mol. The minimum absolute atomic E-state index is 0.189. The Labute approximate surface area is 128 Å². The molecule has 3 nitrogen and oxygen atoms in total. The van der Waals surface area contributed by atoms with Crippen LogP contribution in [0, 0.1) is 6.92 Å². The number of aromatic nitrogens is 2. The van der Waals surface area contributed by atoms with Gasteiger partial charge in [0.2, 0.25) is 0 Å². The third kappa shape index (κ3) is 4.62. The second-order valence-corrected chi connectivity index (χ2v) is 6.59. The van der Waals surface area contributed by atoms with Gasteiger partial charge in [-0.1, -0.05) is 32.9 Å². The first kappa shape index (κ1) is 15.6. The molecule has 0 saturated heterocycles. The molecule has 2 rings (SSSR count). The second kappa shape index (κ2) is 6.79. The van der Waals surface area contributed by atoms with Crippen LogP contribution in [0.3, 0.4) is 0 Å². The van der Waals surface area contributed by atoms with Gasteiger partial charge in [-0.2, -0.15) is 0 Å². The van der Waals surface area contributed by atoms with Crippen LogP contribution in [-0.2, 0) is 12.0 Å². The smallest absolute Gasteiger partial charge is 0.122 e. The zero-order valence-corrected chi connectivity index (χ0v) is 13.6. The lowest BCUT2D eigenvalue weighted by molar-refractivity contribution is 0.301. The zero-order chi connectivity index (χ0) is 15.3. The summed E-state index contributed by atoms with van der Waals surface area (Å²) in [6.07, 6.45) is 7.83. The molecule has 1 heterocycles. The van der Waals surface area contributed by atoms with Gasteiger partial charge in [0, 0.05) is 18.9 Å². The van der Waals surface area contributed by atoms with Crippen LogP contribution in [-0.4, -0.2) is 16.2 Å². The van der Waals surface area contributed by atoms with Crippen LogP contribution in [0.15, 0.2) is 36.9 Å². The van der Waals surface area contributed by atoms with Crippen LogP contribution in [0.5, 0.6) is 5.75 Å². The molecule has 0 spiro atoms. The largest absolute Gasteiger partial charge is 0.493 e. The highest BCUT2D eigenvalue weighted by molar-refractivity contribution is 5.38. The summed E-state index contributed by atoms with van der Waals surface area (Å²) in [7, 11) is 0. The molecule has 1 aromatic heterocycles. The van der Waals surface area contributed by atoms with Gasteiger partial charge < -0.3 is 9.30 Å². The molecule has 0 bridgehead atoms. The van der Waals surface area contributed by atoms with Crippen LogP contribution in [0.4, 0.5) is 0 Å². The summed E-state index contributed by atoms with van der Waals surface area (Å²) in [5, 5.41) is 0. The first-order chi connectivity index (χ1) is 9.97. The molecule has 0 N–H and O–H groups in total. The molecule has 21 heavy (non-hydrogen) atoms. The van der Waals surface area contributed by atoms with Crippen LogP contribution in [0.25, 0.3) is 0 Å². The Hall–Kier alpha value is -1.77. The van der Waals surface area contributed by atoms with Gasteiger partial charge in [-0.15, -0.1) is 0 Å². The number of rotatable bonds is 6. The lowest BCUT2D eigenvalue weighted by Crippen LogP contribution is -2.11. The van der Waals surface area contributed by atoms with Crippen molar-refractivity contribution in [3.8, 4) is 5.75 Å². The SMILES string of the molecule is Cc1cc(C(C)(C)C)ccc1OCCCCn1ccnc1. The zero-order valence-electron chi connectivity index (χ0n) is 13.6. The second-order valence-electron chi connectivity index (χ2n) is 6.59. The van der Waals surface area contributed by atoms with Gasteiger partial charge >= 0.3 is 0 Å². The predicted molar refractivity (Wildman–Crippen MR) is 86.8 cm³/mol. The summed E-state index contributed by atoms with van der Waals surface area (Å²) in [6, 6.07) is 6.51. The van der Waals surface area contributed by atoms with Crippen molar-refractivity contribution in [1.82, 2.24) is 9.55 Å². The number of imidazole rings is 1. The van der Waals surface area contributed by atoms with E-state index in [-0.39, 0.29) is 5.41 Å². The van der Waals surface area contributed by atoms with Crippen LogP contribution >= 0.6 is 0 Å². The van der Waals surface area contributed by atoms with Crippen molar-refractivity contribution in [2.75, 3.05) is 6.61 Å².